The van der Waals surface area contributed by atoms with Crippen molar-refractivity contribution in [2.45, 2.75) is 0 Å². The van der Waals surface area contributed by atoms with Crippen LogP contribution in [0.25, 0.3) is 106 Å². The molecule has 6 nitrogen and oxygen atoms in total. The Labute approximate surface area is 290 Å². The second-order valence-corrected chi connectivity index (χ2v) is 12.8. The molecule has 4 aromatic heterocycles. The Morgan fingerprint density at radius 1 is 0.373 bits per heavy atom. The molecule has 7 aromatic carbocycles. The molecule has 0 aliphatic rings. The summed E-state index contributed by atoms with van der Waals surface area (Å²) < 4.78 is 15.1. The summed E-state index contributed by atoms with van der Waals surface area (Å²) in [5, 5.41) is 6.36. The summed E-state index contributed by atoms with van der Waals surface area (Å²) in [4.78, 5) is 15.3. The van der Waals surface area contributed by atoms with Crippen molar-refractivity contribution in [3.05, 3.63) is 158 Å². The number of hydrogen-bond donors (Lipinski definition) is 0. The van der Waals surface area contributed by atoms with Gasteiger partial charge >= 0.3 is 0 Å². The zero-order chi connectivity index (χ0) is 33.5. The van der Waals surface area contributed by atoms with Crippen LogP contribution in [-0.4, -0.2) is 19.5 Å². The minimum Gasteiger partial charge on any atom is -0.456 e. The van der Waals surface area contributed by atoms with E-state index in [0.717, 1.165) is 82.7 Å². The first-order chi connectivity index (χ1) is 25.3. The molecule has 4 heterocycles. The third-order valence-electron chi connectivity index (χ3n) is 9.85. The van der Waals surface area contributed by atoms with Gasteiger partial charge in [0, 0.05) is 54.7 Å². The molecular weight excluding hydrogens is 629 g/mol. The molecule has 0 N–H and O–H groups in total. The molecule has 11 aromatic rings. The summed E-state index contributed by atoms with van der Waals surface area (Å²) in [5.74, 6) is 1.76. The van der Waals surface area contributed by atoms with Crippen LogP contribution in [0.2, 0.25) is 0 Å². The largest absolute Gasteiger partial charge is 0.456 e. The maximum Gasteiger partial charge on any atom is 0.164 e. The first-order valence-electron chi connectivity index (χ1n) is 16.9. The van der Waals surface area contributed by atoms with Crippen molar-refractivity contribution in [3.8, 4) is 39.9 Å². The van der Waals surface area contributed by atoms with Crippen molar-refractivity contribution in [2.24, 2.45) is 0 Å². The predicted molar refractivity (Wildman–Crippen MR) is 205 cm³/mol. The molecule has 0 aliphatic heterocycles. The van der Waals surface area contributed by atoms with Crippen molar-refractivity contribution in [3.63, 3.8) is 0 Å². The monoisotopic (exact) mass is 654 g/mol. The predicted octanol–water partition coefficient (Wildman–Crippen LogP) is 11.8. The molecule has 0 saturated heterocycles. The van der Waals surface area contributed by atoms with E-state index < -0.39 is 0 Å². The molecule has 0 atom stereocenters. The maximum absolute atomic E-state index is 6.61. The number of aromatic nitrogens is 4. The number of nitrogens with zero attached hydrogens (tertiary/aromatic N) is 4. The van der Waals surface area contributed by atoms with Crippen LogP contribution >= 0.6 is 0 Å². The molecule has 0 spiro atoms. The highest BCUT2D eigenvalue weighted by atomic mass is 16.3. The van der Waals surface area contributed by atoms with Crippen molar-refractivity contribution in [2.75, 3.05) is 0 Å². The molecular formula is C45H26N4O2. The lowest BCUT2D eigenvalue weighted by molar-refractivity contribution is 0.668. The molecule has 0 bridgehead atoms. The SMILES string of the molecule is c1ccc(-c2nc(-c3ccc4oc5ccccc5c4c3)nc(-c3cccc4oc5cc6c7ccccc7n(-c7ccccc7)c6cc5c34)n2)cc1. The smallest absolute Gasteiger partial charge is 0.164 e. The maximum atomic E-state index is 6.61. The lowest BCUT2D eigenvalue weighted by Crippen LogP contribution is -2.00. The van der Waals surface area contributed by atoms with Crippen molar-refractivity contribution in [1.29, 1.82) is 0 Å². The quantitative estimate of drug-likeness (QED) is 0.189. The van der Waals surface area contributed by atoms with Gasteiger partial charge in [-0.1, -0.05) is 97.1 Å². The van der Waals surface area contributed by atoms with Gasteiger partial charge in [0.05, 0.1) is 11.0 Å². The van der Waals surface area contributed by atoms with Crippen molar-refractivity contribution in [1.82, 2.24) is 19.5 Å². The van der Waals surface area contributed by atoms with E-state index in [9.17, 15) is 0 Å². The lowest BCUT2D eigenvalue weighted by atomic mass is 10.0. The molecule has 51 heavy (non-hydrogen) atoms. The van der Waals surface area contributed by atoms with Gasteiger partial charge in [-0.15, -0.1) is 0 Å². The summed E-state index contributed by atoms with van der Waals surface area (Å²) in [6, 6.07) is 53.9. The van der Waals surface area contributed by atoms with Crippen LogP contribution in [0.15, 0.2) is 167 Å². The van der Waals surface area contributed by atoms with E-state index in [1.165, 1.54) is 5.39 Å². The molecule has 11 rings (SSSR count). The van der Waals surface area contributed by atoms with Crippen LogP contribution in [0.1, 0.15) is 0 Å². The van der Waals surface area contributed by atoms with Gasteiger partial charge in [-0.2, -0.15) is 0 Å². The van der Waals surface area contributed by atoms with Crippen molar-refractivity contribution >= 4 is 65.7 Å². The van der Waals surface area contributed by atoms with Crippen molar-refractivity contribution < 1.29 is 8.83 Å². The minimum absolute atomic E-state index is 0.577. The highest BCUT2D eigenvalue weighted by molar-refractivity contribution is 6.19. The molecule has 238 valence electrons. The Morgan fingerprint density at radius 3 is 1.90 bits per heavy atom. The molecule has 0 saturated carbocycles. The summed E-state index contributed by atoms with van der Waals surface area (Å²) in [6.07, 6.45) is 0. The van der Waals surface area contributed by atoms with Crippen LogP contribution in [0.4, 0.5) is 0 Å². The highest BCUT2D eigenvalue weighted by Gasteiger charge is 2.21. The van der Waals surface area contributed by atoms with E-state index in [4.69, 9.17) is 23.8 Å². The first kappa shape index (κ1) is 27.9. The van der Waals surface area contributed by atoms with Gasteiger partial charge in [-0.05, 0) is 60.7 Å². The van der Waals surface area contributed by atoms with Gasteiger partial charge in [-0.3, -0.25) is 0 Å². The number of furan rings is 2. The Kier molecular flexibility index (Phi) is 5.86. The number of fused-ring (bicyclic) bond motifs is 9. The highest BCUT2D eigenvalue weighted by Crippen LogP contribution is 2.41. The normalized spacial score (nSPS) is 11.9. The van der Waals surface area contributed by atoms with E-state index >= 15 is 0 Å². The first-order valence-corrected chi connectivity index (χ1v) is 16.9. The van der Waals surface area contributed by atoms with Gasteiger partial charge in [-0.25, -0.2) is 15.0 Å². The zero-order valence-electron chi connectivity index (χ0n) is 27.1. The lowest BCUT2D eigenvalue weighted by Gasteiger charge is -2.10. The van der Waals surface area contributed by atoms with Crippen LogP contribution < -0.4 is 0 Å². The van der Waals surface area contributed by atoms with Crippen LogP contribution in [-0.2, 0) is 0 Å². The van der Waals surface area contributed by atoms with Crippen LogP contribution in [0.5, 0.6) is 0 Å². The van der Waals surface area contributed by atoms with Crippen LogP contribution in [0, 0.1) is 0 Å². The topological polar surface area (TPSA) is 69.9 Å². The molecule has 0 aliphatic carbocycles. The minimum atomic E-state index is 0.577. The fourth-order valence-electron chi connectivity index (χ4n) is 7.54. The van der Waals surface area contributed by atoms with Gasteiger partial charge in [0.15, 0.2) is 17.5 Å². The summed E-state index contributed by atoms with van der Waals surface area (Å²) >= 11 is 0. The number of benzene rings is 7. The average molecular weight is 655 g/mol. The Balaban J connectivity index is 1.18. The number of rotatable bonds is 4. The standard InChI is InChI=1S/C45H26N4O2/c1-3-12-27(13-4-1)43-46-44(28-22-23-39-34(24-28)31-17-8-10-20-38(31)50-39)48-45(47-43)32-18-11-21-40-42(32)35-25-37-33(26-41(35)51-40)30-16-7-9-19-36(30)49(37)29-14-5-2-6-15-29/h1-26H. The molecule has 0 fully saturated rings. The zero-order valence-corrected chi connectivity index (χ0v) is 27.1. The van der Waals surface area contributed by atoms with E-state index in [0.29, 0.717) is 17.5 Å². The second-order valence-electron chi connectivity index (χ2n) is 12.8. The van der Waals surface area contributed by atoms with E-state index in [2.05, 4.69) is 83.4 Å². The fraction of sp³-hybridized carbons (Fsp3) is 0. The molecule has 0 unspecified atom stereocenters. The number of para-hydroxylation sites is 3. The molecule has 0 amide bonds. The van der Waals surface area contributed by atoms with E-state index in [1.807, 2.05) is 78.9 Å². The second kappa shape index (κ2) is 10.7. The van der Waals surface area contributed by atoms with Gasteiger partial charge in [0.25, 0.3) is 0 Å². The van der Waals surface area contributed by atoms with Gasteiger partial charge in [0.1, 0.15) is 22.3 Å². The Morgan fingerprint density at radius 2 is 1.04 bits per heavy atom. The summed E-state index contributed by atoms with van der Waals surface area (Å²) in [5.41, 5.74) is 9.30. The summed E-state index contributed by atoms with van der Waals surface area (Å²) in [6.45, 7) is 0. The fourth-order valence-corrected chi connectivity index (χ4v) is 7.54. The van der Waals surface area contributed by atoms with Crippen LogP contribution in [0.3, 0.4) is 0 Å². The average Bonchev–Trinajstić information content (AvgIpc) is 3.86. The Bertz CT molecular complexity index is 3140. The van der Waals surface area contributed by atoms with E-state index in [-0.39, 0.29) is 0 Å². The third-order valence-corrected chi connectivity index (χ3v) is 9.85. The summed E-state index contributed by atoms with van der Waals surface area (Å²) in [7, 11) is 0. The Hall–Kier alpha value is -7.05. The number of hydrogen-bond acceptors (Lipinski definition) is 5. The van der Waals surface area contributed by atoms with Gasteiger partial charge < -0.3 is 13.4 Å². The molecule has 6 heteroatoms. The van der Waals surface area contributed by atoms with Gasteiger partial charge in [0.2, 0.25) is 0 Å². The molecule has 0 radical (unpaired) electrons. The van der Waals surface area contributed by atoms with E-state index in [1.54, 1.807) is 0 Å². The third kappa shape index (κ3) is 4.26.